The Morgan fingerprint density at radius 2 is 2.30 bits per heavy atom. The second-order valence-electron chi connectivity index (χ2n) is 3.83. The maximum absolute atomic E-state index is 11.6. The maximum Gasteiger partial charge on any atom is 0.295 e. The van der Waals surface area contributed by atoms with E-state index < -0.39 is 5.91 Å². The van der Waals surface area contributed by atoms with Crippen molar-refractivity contribution in [3.05, 3.63) is 35.2 Å². The normalized spacial score (nSPS) is 10.7. The van der Waals surface area contributed by atoms with E-state index in [1.165, 1.54) is 19.4 Å². The van der Waals surface area contributed by atoms with Gasteiger partial charge in [-0.2, -0.15) is 5.10 Å². The summed E-state index contributed by atoms with van der Waals surface area (Å²) in [6.45, 7) is 1.59. The number of carbonyl (C=O) groups excluding carboxylic acids is 1. The summed E-state index contributed by atoms with van der Waals surface area (Å²) in [6, 6.07) is 4.72. The number of nitrogens with one attached hydrogen (secondary N) is 1. The van der Waals surface area contributed by atoms with E-state index in [4.69, 9.17) is 4.74 Å². The van der Waals surface area contributed by atoms with Crippen LogP contribution in [0.4, 0.5) is 0 Å². The highest BCUT2D eigenvalue weighted by Crippen LogP contribution is 2.25. The van der Waals surface area contributed by atoms with Gasteiger partial charge in [-0.25, -0.2) is 10.1 Å². The predicted octanol–water partition coefficient (Wildman–Crippen LogP) is 0.856. The molecule has 8 heteroatoms. The van der Waals surface area contributed by atoms with Gasteiger partial charge in [0.25, 0.3) is 5.91 Å². The largest absolute Gasteiger partial charge is 0.504 e. The molecule has 2 rings (SSSR count). The average Bonchev–Trinajstić information content (AvgIpc) is 2.85. The number of amides is 1. The summed E-state index contributed by atoms with van der Waals surface area (Å²) in [4.78, 5) is 11.6. The molecule has 1 aromatic heterocycles. The van der Waals surface area contributed by atoms with Gasteiger partial charge < -0.3 is 9.84 Å². The SMILES string of the molecule is COc1ccc(/C=N\NC(=O)c2nonc2C)cc1O. The van der Waals surface area contributed by atoms with Gasteiger partial charge in [0.1, 0.15) is 5.69 Å². The quantitative estimate of drug-likeness (QED) is 0.633. The van der Waals surface area contributed by atoms with Crippen LogP contribution in [0, 0.1) is 6.92 Å². The number of phenolic OH excluding ortho intramolecular Hbond substituents is 1. The lowest BCUT2D eigenvalue weighted by Crippen LogP contribution is -2.19. The molecule has 1 heterocycles. The third-order valence-electron chi connectivity index (χ3n) is 2.45. The van der Waals surface area contributed by atoms with Gasteiger partial charge in [0.2, 0.25) is 0 Å². The number of aromatic nitrogens is 2. The van der Waals surface area contributed by atoms with Gasteiger partial charge in [-0.05, 0) is 35.8 Å². The van der Waals surface area contributed by atoms with Gasteiger partial charge in [-0.15, -0.1) is 0 Å². The zero-order chi connectivity index (χ0) is 14.5. The molecule has 2 aromatic rings. The third kappa shape index (κ3) is 2.91. The van der Waals surface area contributed by atoms with Crippen molar-refractivity contribution in [1.82, 2.24) is 15.7 Å². The number of carbonyl (C=O) groups is 1. The molecule has 0 fully saturated rings. The van der Waals surface area contributed by atoms with Crippen LogP contribution in [0.5, 0.6) is 11.5 Å². The van der Waals surface area contributed by atoms with Crippen LogP contribution in [-0.4, -0.2) is 34.7 Å². The Bertz CT molecular complexity index is 651. The molecule has 104 valence electrons. The summed E-state index contributed by atoms with van der Waals surface area (Å²) in [5.41, 5.74) is 3.32. The molecule has 2 N–H and O–H groups in total. The number of hydrogen-bond donors (Lipinski definition) is 2. The van der Waals surface area contributed by atoms with E-state index in [1.807, 2.05) is 0 Å². The summed E-state index contributed by atoms with van der Waals surface area (Å²) in [5.74, 6) is -0.187. The van der Waals surface area contributed by atoms with Crippen LogP contribution < -0.4 is 10.2 Å². The smallest absolute Gasteiger partial charge is 0.295 e. The minimum atomic E-state index is -0.530. The van der Waals surface area contributed by atoms with Crippen molar-refractivity contribution in [2.24, 2.45) is 5.10 Å². The van der Waals surface area contributed by atoms with Crippen LogP contribution in [0.1, 0.15) is 21.7 Å². The number of aryl methyl sites for hydroxylation is 1. The summed E-state index contributed by atoms with van der Waals surface area (Å²) >= 11 is 0. The van der Waals surface area contributed by atoms with Crippen LogP contribution in [0.15, 0.2) is 27.9 Å². The lowest BCUT2D eigenvalue weighted by Gasteiger charge is -2.02. The van der Waals surface area contributed by atoms with Gasteiger partial charge in [-0.1, -0.05) is 5.16 Å². The lowest BCUT2D eigenvalue weighted by atomic mass is 10.2. The van der Waals surface area contributed by atoms with Crippen LogP contribution in [0.2, 0.25) is 0 Å². The van der Waals surface area contributed by atoms with E-state index in [1.54, 1.807) is 19.1 Å². The van der Waals surface area contributed by atoms with Crippen molar-refractivity contribution in [2.45, 2.75) is 6.92 Å². The fourth-order valence-electron chi connectivity index (χ4n) is 1.44. The molecule has 1 amide bonds. The molecule has 0 unspecified atom stereocenters. The molecule has 0 radical (unpaired) electrons. The summed E-state index contributed by atoms with van der Waals surface area (Å²) in [7, 11) is 1.46. The van der Waals surface area contributed by atoms with Gasteiger partial charge in [0.15, 0.2) is 17.2 Å². The third-order valence-corrected chi connectivity index (χ3v) is 2.45. The Morgan fingerprint density at radius 3 is 2.90 bits per heavy atom. The zero-order valence-electron chi connectivity index (χ0n) is 10.8. The molecule has 0 aliphatic rings. The Hall–Kier alpha value is -2.90. The fraction of sp³-hybridized carbons (Fsp3) is 0.167. The Morgan fingerprint density at radius 1 is 1.50 bits per heavy atom. The van der Waals surface area contributed by atoms with Crippen molar-refractivity contribution in [3.8, 4) is 11.5 Å². The number of benzene rings is 1. The Balaban J connectivity index is 2.02. The highest BCUT2D eigenvalue weighted by atomic mass is 16.6. The van der Waals surface area contributed by atoms with Gasteiger partial charge in [0, 0.05) is 0 Å². The molecule has 0 saturated heterocycles. The molecule has 20 heavy (non-hydrogen) atoms. The first-order valence-corrected chi connectivity index (χ1v) is 5.61. The van der Waals surface area contributed by atoms with E-state index in [9.17, 15) is 9.90 Å². The number of phenols is 1. The van der Waals surface area contributed by atoms with Crippen molar-refractivity contribution in [3.63, 3.8) is 0 Å². The highest BCUT2D eigenvalue weighted by molar-refractivity contribution is 5.93. The van der Waals surface area contributed by atoms with Crippen LogP contribution >= 0.6 is 0 Å². The maximum atomic E-state index is 11.6. The van der Waals surface area contributed by atoms with Gasteiger partial charge >= 0.3 is 0 Å². The minimum absolute atomic E-state index is 0.0145. The first-order valence-electron chi connectivity index (χ1n) is 5.61. The fourth-order valence-corrected chi connectivity index (χ4v) is 1.44. The molecule has 8 nitrogen and oxygen atoms in total. The average molecular weight is 276 g/mol. The van der Waals surface area contributed by atoms with Crippen LogP contribution in [0.25, 0.3) is 0 Å². The molecule has 0 saturated carbocycles. The van der Waals surface area contributed by atoms with Gasteiger partial charge in [0.05, 0.1) is 13.3 Å². The molecule has 0 atom stereocenters. The molecule has 0 spiro atoms. The van der Waals surface area contributed by atoms with Gasteiger partial charge in [-0.3, -0.25) is 4.79 Å². The van der Waals surface area contributed by atoms with E-state index >= 15 is 0 Å². The monoisotopic (exact) mass is 276 g/mol. The number of rotatable bonds is 4. The van der Waals surface area contributed by atoms with Crippen molar-refractivity contribution in [2.75, 3.05) is 7.11 Å². The second kappa shape index (κ2) is 5.83. The number of hydrogen-bond acceptors (Lipinski definition) is 7. The number of methoxy groups -OCH3 is 1. The zero-order valence-corrected chi connectivity index (χ0v) is 10.8. The topological polar surface area (TPSA) is 110 Å². The molecule has 0 bridgehead atoms. The van der Waals surface area contributed by atoms with E-state index in [-0.39, 0.29) is 11.4 Å². The minimum Gasteiger partial charge on any atom is -0.504 e. The number of nitrogens with zero attached hydrogens (tertiary/aromatic N) is 3. The number of ether oxygens (including phenoxy) is 1. The molecule has 0 aliphatic carbocycles. The van der Waals surface area contributed by atoms with Crippen molar-refractivity contribution < 1.29 is 19.3 Å². The number of aromatic hydroxyl groups is 1. The first-order chi connectivity index (χ1) is 9.61. The molecular formula is C12H12N4O4. The number of hydrazone groups is 1. The molecule has 0 aliphatic heterocycles. The summed E-state index contributed by atoms with van der Waals surface area (Å²) < 4.78 is 9.33. The molecular weight excluding hydrogens is 264 g/mol. The standard InChI is InChI=1S/C12H12N4O4/c1-7-11(16-20-15-7)12(18)14-13-6-8-3-4-10(19-2)9(17)5-8/h3-6,17H,1-2H3,(H,14,18)/b13-6-. The van der Waals surface area contributed by atoms with Crippen LogP contribution in [0.3, 0.4) is 0 Å². The van der Waals surface area contributed by atoms with E-state index in [0.29, 0.717) is 17.0 Å². The Labute approximate surface area is 114 Å². The highest BCUT2D eigenvalue weighted by Gasteiger charge is 2.13. The van der Waals surface area contributed by atoms with Crippen molar-refractivity contribution in [1.29, 1.82) is 0 Å². The first kappa shape index (κ1) is 13.5. The van der Waals surface area contributed by atoms with Crippen molar-refractivity contribution >= 4 is 12.1 Å². The van der Waals surface area contributed by atoms with Crippen LogP contribution in [-0.2, 0) is 0 Å². The summed E-state index contributed by atoms with van der Waals surface area (Å²) in [6.07, 6.45) is 1.37. The second-order valence-corrected chi connectivity index (χ2v) is 3.83. The Kier molecular flexibility index (Phi) is 3.94. The lowest BCUT2D eigenvalue weighted by molar-refractivity contribution is 0.0945. The molecule has 1 aromatic carbocycles. The summed E-state index contributed by atoms with van der Waals surface area (Å²) in [5, 5.41) is 20.3. The predicted molar refractivity (Wildman–Crippen MR) is 68.8 cm³/mol. The van der Waals surface area contributed by atoms with E-state index in [2.05, 4.69) is 25.5 Å². The van der Waals surface area contributed by atoms with E-state index in [0.717, 1.165) is 0 Å².